The topological polar surface area (TPSA) is 76.1 Å². The van der Waals surface area contributed by atoms with Gasteiger partial charge in [-0.25, -0.2) is 0 Å². The van der Waals surface area contributed by atoms with Gasteiger partial charge in [0.1, 0.15) is 11.5 Å². The fraction of sp³-hybridized carbons (Fsp3) is 0.400. The van der Waals surface area contributed by atoms with Crippen LogP contribution in [0.2, 0.25) is 0 Å². The van der Waals surface area contributed by atoms with E-state index in [4.69, 9.17) is 9.47 Å². The minimum Gasteiger partial charge on any atom is -0.496 e. The lowest BCUT2D eigenvalue weighted by Gasteiger charge is -2.24. The highest BCUT2D eigenvalue weighted by Crippen LogP contribution is 2.32. The predicted octanol–water partition coefficient (Wildman–Crippen LogP) is 3.90. The highest BCUT2D eigenvalue weighted by Gasteiger charge is 2.29. The standard InChI is InChI=1S/C25H32N2O5/c1-7-26(8-2)24(29)17-15-19(25(30)27(9-3)10-4)22(21(16-17)32-6)23(28)18-13-11-12-14-20(18)31-5/h11-16H,7-10H2,1-6H3. The van der Waals surface area contributed by atoms with Crippen molar-refractivity contribution in [2.75, 3.05) is 40.4 Å². The molecule has 0 radical (unpaired) electrons. The van der Waals surface area contributed by atoms with E-state index in [0.29, 0.717) is 43.1 Å². The van der Waals surface area contributed by atoms with Gasteiger partial charge in [0.2, 0.25) is 5.78 Å². The Morgan fingerprint density at radius 3 is 1.78 bits per heavy atom. The molecule has 0 aliphatic carbocycles. The van der Waals surface area contributed by atoms with Gasteiger partial charge >= 0.3 is 0 Å². The molecule has 2 rings (SSSR count). The molecular weight excluding hydrogens is 408 g/mol. The zero-order valence-electron chi connectivity index (χ0n) is 19.7. The highest BCUT2D eigenvalue weighted by molar-refractivity contribution is 6.18. The Labute approximate surface area is 189 Å². The fourth-order valence-electron chi connectivity index (χ4n) is 3.64. The number of carbonyl (C=O) groups is 3. The summed E-state index contributed by atoms with van der Waals surface area (Å²) in [4.78, 5) is 43.4. The van der Waals surface area contributed by atoms with Crippen LogP contribution in [-0.4, -0.2) is 67.8 Å². The van der Waals surface area contributed by atoms with Crippen LogP contribution in [0.5, 0.6) is 11.5 Å². The van der Waals surface area contributed by atoms with Gasteiger partial charge < -0.3 is 19.3 Å². The molecule has 0 atom stereocenters. The molecule has 32 heavy (non-hydrogen) atoms. The molecule has 7 nitrogen and oxygen atoms in total. The Kier molecular flexibility index (Phi) is 8.81. The number of ketones is 1. The van der Waals surface area contributed by atoms with Crippen molar-refractivity contribution in [3.05, 3.63) is 58.7 Å². The van der Waals surface area contributed by atoms with Crippen LogP contribution in [-0.2, 0) is 0 Å². The van der Waals surface area contributed by atoms with Gasteiger partial charge in [-0.05, 0) is 52.0 Å². The van der Waals surface area contributed by atoms with Crippen LogP contribution in [0.4, 0.5) is 0 Å². The summed E-state index contributed by atoms with van der Waals surface area (Å²) in [5, 5.41) is 0. The molecule has 0 bridgehead atoms. The Hall–Kier alpha value is -3.35. The van der Waals surface area contributed by atoms with Gasteiger partial charge in [0.05, 0.1) is 30.9 Å². The van der Waals surface area contributed by atoms with Crippen LogP contribution in [0, 0.1) is 0 Å². The second-order valence-electron chi connectivity index (χ2n) is 7.09. The van der Waals surface area contributed by atoms with Gasteiger partial charge in [0.15, 0.2) is 0 Å². The Balaban J connectivity index is 2.80. The monoisotopic (exact) mass is 440 g/mol. The Morgan fingerprint density at radius 1 is 0.719 bits per heavy atom. The maximum atomic E-state index is 13.6. The number of nitrogens with zero attached hydrogens (tertiary/aromatic N) is 2. The summed E-state index contributed by atoms with van der Waals surface area (Å²) in [5.74, 6) is -0.394. The van der Waals surface area contributed by atoms with E-state index in [-0.39, 0.29) is 28.7 Å². The van der Waals surface area contributed by atoms with E-state index in [2.05, 4.69) is 0 Å². The van der Waals surface area contributed by atoms with Gasteiger partial charge in [-0.15, -0.1) is 0 Å². The molecule has 0 aromatic heterocycles. The minimum atomic E-state index is -0.406. The summed E-state index contributed by atoms with van der Waals surface area (Å²) in [6.07, 6.45) is 0. The third-order valence-electron chi connectivity index (χ3n) is 5.48. The second kappa shape index (κ2) is 11.3. The first-order valence-electron chi connectivity index (χ1n) is 10.9. The fourth-order valence-corrected chi connectivity index (χ4v) is 3.64. The molecule has 0 aliphatic rings. The highest BCUT2D eigenvalue weighted by atomic mass is 16.5. The lowest BCUT2D eigenvalue weighted by molar-refractivity contribution is 0.0766. The zero-order chi connectivity index (χ0) is 23.8. The van der Waals surface area contributed by atoms with Crippen LogP contribution in [0.25, 0.3) is 0 Å². The summed E-state index contributed by atoms with van der Waals surface area (Å²) in [5.41, 5.74) is 0.867. The largest absolute Gasteiger partial charge is 0.496 e. The van der Waals surface area contributed by atoms with Crippen LogP contribution in [0.3, 0.4) is 0 Å². The van der Waals surface area contributed by atoms with E-state index in [0.717, 1.165) is 0 Å². The van der Waals surface area contributed by atoms with Crippen molar-refractivity contribution in [1.29, 1.82) is 0 Å². The van der Waals surface area contributed by atoms with E-state index in [9.17, 15) is 14.4 Å². The van der Waals surface area contributed by atoms with E-state index in [1.807, 2.05) is 27.7 Å². The molecule has 2 aromatic rings. The normalized spacial score (nSPS) is 10.4. The molecule has 0 heterocycles. The van der Waals surface area contributed by atoms with Gasteiger partial charge in [-0.1, -0.05) is 12.1 Å². The summed E-state index contributed by atoms with van der Waals surface area (Å²) in [7, 11) is 2.91. The molecule has 172 valence electrons. The molecule has 2 aromatic carbocycles. The number of methoxy groups -OCH3 is 2. The lowest BCUT2D eigenvalue weighted by Crippen LogP contribution is -2.33. The minimum absolute atomic E-state index is 0.116. The number of rotatable bonds is 10. The van der Waals surface area contributed by atoms with E-state index in [1.165, 1.54) is 26.4 Å². The number of amides is 2. The van der Waals surface area contributed by atoms with Crippen LogP contribution >= 0.6 is 0 Å². The SMILES string of the molecule is CCN(CC)C(=O)c1cc(OC)c(C(=O)c2ccccc2OC)c(C(=O)N(CC)CC)c1. The molecule has 0 saturated heterocycles. The average molecular weight is 441 g/mol. The quantitative estimate of drug-likeness (QED) is 0.524. The first-order valence-corrected chi connectivity index (χ1v) is 10.9. The first kappa shape index (κ1) is 24.9. The number of hydrogen-bond donors (Lipinski definition) is 0. The summed E-state index contributed by atoms with van der Waals surface area (Å²) >= 11 is 0. The third-order valence-corrected chi connectivity index (χ3v) is 5.48. The molecular formula is C25H32N2O5. The van der Waals surface area contributed by atoms with E-state index in [1.54, 1.807) is 34.1 Å². The molecule has 0 aliphatic heterocycles. The van der Waals surface area contributed by atoms with Crippen LogP contribution < -0.4 is 9.47 Å². The average Bonchev–Trinajstić information content (AvgIpc) is 2.83. The molecule has 0 saturated carbocycles. The number of carbonyl (C=O) groups excluding carboxylic acids is 3. The number of hydrogen-bond acceptors (Lipinski definition) is 5. The Morgan fingerprint density at radius 2 is 1.25 bits per heavy atom. The van der Waals surface area contributed by atoms with Crippen molar-refractivity contribution in [3.63, 3.8) is 0 Å². The second-order valence-corrected chi connectivity index (χ2v) is 7.09. The molecule has 0 spiro atoms. The summed E-state index contributed by atoms with van der Waals surface area (Å²) < 4.78 is 10.9. The number of benzene rings is 2. The molecule has 7 heteroatoms. The van der Waals surface area contributed by atoms with Crippen molar-refractivity contribution < 1.29 is 23.9 Å². The van der Waals surface area contributed by atoms with Crippen molar-refractivity contribution in [2.45, 2.75) is 27.7 Å². The van der Waals surface area contributed by atoms with Crippen molar-refractivity contribution in [2.24, 2.45) is 0 Å². The summed E-state index contributed by atoms with van der Waals surface area (Å²) in [6.45, 7) is 9.50. The summed E-state index contributed by atoms with van der Waals surface area (Å²) in [6, 6.07) is 9.85. The smallest absolute Gasteiger partial charge is 0.254 e. The number of ether oxygens (including phenoxy) is 2. The van der Waals surface area contributed by atoms with Gasteiger partial charge in [0, 0.05) is 31.7 Å². The number of para-hydroxylation sites is 1. The maximum absolute atomic E-state index is 13.6. The molecule has 0 N–H and O–H groups in total. The van der Waals surface area contributed by atoms with Gasteiger partial charge in [-0.3, -0.25) is 14.4 Å². The van der Waals surface area contributed by atoms with Gasteiger partial charge in [-0.2, -0.15) is 0 Å². The molecule has 0 unspecified atom stereocenters. The van der Waals surface area contributed by atoms with Crippen LogP contribution in [0.1, 0.15) is 64.3 Å². The van der Waals surface area contributed by atoms with E-state index >= 15 is 0 Å². The maximum Gasteiger partial charge on any atom is 0.254 e. The lowest BCUT2D eigenvalue weighted by atomic mass is 9.93. The van der Waals surface area contributed by atoms with Crippen LogP contribution in [0.15, 0.2) is 36.4 Å². The molecule has 0 fully saturated rings. The van der Waals surface area contributed by atoms with Crippen molar-refractivity contribution in [1.82, 2.24) is 9.80 Å². The third kappa shape index (κ3) is 4.93. The van der Waals surface area contributed by atoms with Crippen molar-refractivity contribution in [3.8, 4) is 11.5 Å². The Bertz CT molecular complexity index is 978. The van der Waals surface area contributed by atoms with Gasteiger partial charge in [0.25, 0.3) is 11.8 Å². The molecule has 2 amide bonds. The zero-order valence-corrected chi connectivity index (χ0v) is 19.7. The first-order chi connectivity index (χ1) is 15.4. The van der Waals surface area contributed by atoms with Crippen molar-refractivity contribution >= 4 is 17.6 Å². The van der Waals surface area contributed by atoms with E-state index < -0.39 is 5.78 Å². The predicted molar refractivity (Wildman–Crippen MR) is 124 cm³/mol.